The number of fused-ring (bicyclic) bond motifs is 1. The summed E-state index contributed by atoms with van der Waals surface area (Å²) in [5.41, 5.74) is 4.79. The monoisotopic (exact) mass is 395 g/mol. The summed E-state index contributed by atoms with van der Waals surface area (Å²) in [5, 5.41) is 4.42. The molecule has 2 aromatic heterocycles. The summed E-state index contributed by atoms with van der Waals surface area (Å²) >= 11 is 0. The van der Waals surface area contributed by atoms with Gasteiger partial charge < -0.3 is 9.73 Å². The van der Waals surface area contributed by atoms with Crippen LogP contribution in [0, 0.1) is 5.82 Å². The van der Waals surface area contributed by atoms with Gasteiger partial charge in [-0.3, -0.25) is 0 Å². The standard InChI is InChI=1S/C25H18FN3O/c26-21-11-9-19(10-12-21)18-7-5-17(6-8-18)14-28-25-22(15-27-16-29-25)24-13-20-3-1-2-4-23(20)30-24/h1-13,15-16H,14H2,(H,27,28,29). The molecule has 0 spiro atoms. The largest absolute Gasteiger partial charge is 0.456 e. The maximum atomic E-state index is 13.1. The normalized spacial score (nSPS) is 11.0. The third-order valence-corrected chi connectivity index (χ3v) is 4.99. The lowest BCUT2D eigenvalue weighted by Crippen LogP contribution is -2.03. The third-order valence-electron chi connectivity index (χ3n) is 4.99. The number of halogens is 1. The first-order chi connectivity index (χ1) is 14.8. The molecule has 0 bridgehead atoms. The van der Waals surface area contributed by atoms with Crippen LogP contribution < -0.4 is 5.32 Å². The molecule has 5 rings (SSSR count). The van der Waals surface area contributed by atoms with Gasteiger partial charge in [-0.15, -0.1) is 0 Å². The Bertz CT molecular complexity index is 1260. The van der Waals surface area contributed by atoms with E-state index in [-0.39, 0.29) is 5.82 Å². The van der Waals surface area contributed by atoms with E-state index in [1.165, 1.54) is 18.5 Å². The summed E-state index contributed by atoms with van der Waals surface area (Å²) in [7, 11) is 0. The number of hydrogen-bond donors (Lipinski definition) is 1. The van der Waals surface area contributed by atoms with Crippen LogP contribution in [0.15, 0.2) is 95.8 Å². The number of hydrogen-bond acceptors (Lipinski definition) is 4. The quantitative estimate of drug-likeness (QED) is 0.379. The molecule has 146 valence electrons. The Morgan fingerprint density at radius 2 is 1.60 bits per heavy atom. The van der Waals surface area contributed by atoms with E-state index in [4.69, 9.17) is 4.42 Å². The summed E-state index contributed by atoms with van der Waals surface area (Å²) in [6, 6.07) is 24.6. The second kappa shape index (κ2) is 7.79. The highest BCUT2D eigenvalue weighted by atomic mass is 19.1. The number of nitrogens with zero attached hydrogens (tertiary/aromatic N) is 2. The Morgan fingerprint density at radius 1 is 0.867 bits per heavy atom. The molecule has 30 heavy (non-hydrogen) atoms. The third kappa shape index (κ3) is 3.65. The zero-order chi connectivity index (χ0) is 20.3. The molecule has 2 heterocycles. The van der Waals surface area contributed by atoms with Crippen LogP contribution in [-0.2, 0) is 6.54 Å². The molecule has 0 unspecified atom stereocenters. The lowest BCUT2D eigenvalue weighted by molar-refractivity contribution is 0.628. The fraction of sp³-hybridized carbons (Fsp3) is 0.0400. The second-order valence-corrected chi connectivity index (χ2v) is 6.99. The van der Waals surface area contributed by atoms with Crippen molar-refractivity contribution in [3.8, 4) is 22.5 Å². The highest BCUT2D eigenvalue weighted by Gasteiger charge is 2.12. The molecule has 0 atom stereocenters. The first-order valence-corrected chi connectivity index (χ1v) is 9.64. The highest BCUT2D eigenvalue weighted by Crippen LogP contribution is 2.31. The Hall–Kier alpha value is -3.99. The predicted molar refractivity (Wildman–Crippen MR) is 116 cm³/mol. The minimum absolute atomic E-state index is 0.232. The molecule has 0 aliphatic carbocycles. The molecule has 3 aromatic carbocycles. The second-order valence-electron chi connectivity index (χ2n) is 6.99. The summed E-state index contributed by atoms with van der Waals surface area (Å²) in [4.78, 5) is 8.56. The minimum Gasteiger partial charge on any atom is -0.456 e. The zero-order valence-corrected chi connectivity index (χ0v) is 16.0. The maximum Gasteiger partial charge on any atom is 0.140 e. The molecular weight excluding hydrogens is 377 g/mol. The van der Waals surface area contributed by atoms with Gasteiger partial charge in [0.1, 0.15) is 29.3 Å². The summed E-state index contributed by atoms with van der Waals surface area (Å²) in [6.45, 7) is 0.605. The molecule has 0 aliphatic rings. The number of anilines is 1. The van der Waals surface area contributed by atoms with Gasteiger partial charge in [0.05, 0.1) is 5.56 Å². The molecule has 0 aliphatic heterocycles. The first-order valence-electron chi connectivity index (χ1n) is 9.64. The number of nitrogens with one attached hydrogen (secondary N) is 1. The van der Waals surface area contributed by atoms with Gasteiger partial charge in [0, 0.05) is 18.1 Å². The number of para-hydroxylation sites is 1. The molecule has 5 aromatic rings. The zero-order valence-electron chi connectivity index (χ0n) is 16.0. The van der Waals surface area contributed by atoms with E-state index >= 15 is 0 Å². The van der Waals surface area contributed by atoms with Crippen molar-refractivity contribution in [2.24, 2.45) is 0 Å². The van der Waals surface area contributed by atoms with Crippen molar-refractivity contribution in [3.63, 3.8) is 0 Å². The van der Waals surface area contributed by atoms with Crippen LogP contribution in [0.1, 0.15) is 5.56 Å². The van der Waals surface area contributed by atoms with Gasteiger partial charge in [0.25, 0.3) is 0 Å². The van der Waals surface area contributed by atoms with E-state index in [0.29, 0.717) is 12.4 Å². The van der Waals surface area contributed by atoms with Crippen molar-refractivity contribution >= 4 is 16.8 Å². The molecular formula is C25H18FN3O. The molecule has 1 N–H and O–H groups in total. The SMILES string of the molecule is Fc1ccc(-c2ccc(CNc3ncncc3-c3cc4ccccc4o3)cc2)cc1. The minimum atomic E-state index is -0.232. The summed E-state index contributed by atoms with van der Waals surface area (Å²) in [5.74, 6) is 1.21. The van der Waals surface area contributed by atoms with Gasteiger partial charge >= 0.3 is 0 Å². The van der Waals surface area contributed by atoms with Crippen LogP contribution in [0.4, 0.5) is 10.2 Å². The fourth-order valence-electron chi connectivity index (χ4n) is 3.41. The molecule has 0 fully saturated rings. The highest BCUT2D eigenvalue weighted by molar-refractivity contribution is 5.84. The van der Waals surface area contributed by atoms with Crippen molar-refractivity contribution in [1.82, 2.24) is 9.97 Å². The average Bonchev–Trinajstić information content (AvgIpc) is 3.23. The number of aromatic nitrogens is 2. The molecule has 4 nitrogen and oxygen atoms in total. The maximum absolute atomic E-state index is 13.1. The van der Waals surface area contributed by atoms with Crippen molar-refractivity contribution < 1.29 is 8.81 Å². The molecule has 0 amide bonds. The van der Waals surface area contributed by atoms with Gasteiger partial charge in [-0.2, -0.15) is 0 Å². The lowest BCUT2D eigenvalue weighted by Gasteiger charge is -2.10. The van der Waals surface area contributed by atoms with Crippen LogP contribution >= 0.6 is 0 Å². The topological polar surface area (TPSA) is 51.0 Å². The summed E-state index contributed by atoms with van der Waals surface area (Å²) < 4.78 is 19.1. The lowest BCUT2D eigenvalue weighted by atomic mass is 10.0. The molecule has 0 radical (unpaired) electrons. The van der Waals surface area contributed by atoms with Crippen LogP contribution in [0.3, 0.4) is 0 Å². The summed E-state index contributed by atoms with van der Waals surface area (Å²) in [6.07, 6.45) is 3.27. The Kier molecular flexibility index (Phi) is 4.69. The van der Waals surface area contributed by atoms with Crippen LogP contribution in [0.5, 0.6) is 0 Å². The van der Waals surface area contributed by atoms with Gasteiger partial charge in [-0.1, -0.05) is 54.6 Å². The van der Waals surface area contributed by atoms with Gasteiger partial charge in [-0.25, -0.2) is 14.4 Å². The van der Waals surface area contributed by atoms with Crippen molar-refractivity contribution in [2.45, 2.75) is 6.54 Å². The predicted octanol–water partition coefficient (Wildman–Crippen LogP) is 6.31. The average molecular weight is 395 g/mol. The van der Waals surface area contributed by atoms with Gasteiger partial charge in [0.2, 0.25) is 0 Å². The molecule has 0 saturated heterocycles. The smallest absolute Gasteiger partial charge is 0.140 e. The van der Waals surface area contributed by atoms with E-state index in [1.807, 2.05) is 54.6 Å². The Balaban J connectivity index is 1.35. The number of benzene rings is 3. The van der Waals surface area contributed by atoms with E-state index in [0.717, 1.165) is 39.0 Å². The van der Waals surface area contributed by atoms with Crippen LogP contribution in [0.2, 0.25) is 0 Å². The van der Waals surface area contributed by atoms with E-state index in [9.17, 15) is 4.39 Å². The Morgan fingerprint density at radius 3 is 2.37 bits per heavy atom. The number of rotatable bonds is 5. The van der Waals surface area contributed by atoms with Gasteiger partial charge in [0.15, 0.2) is 0 Å². The van der Waals surface area contributed by atoms with E-state index in [2.05, 4.69) is 15.3 Å². The van der Waals surface area contributed by atoms with Crippen LogP contribution in [-0.4, -0.2) is 9.97 Å². The van der Waals surface area contributed by atoms with Crippen LogP contribution in [0.25, 0.3) is 33.4 Å². The van der Waals surface area contributed by atoms with Crippen molar-refractivity contribution in [3.05, 3.63) is 103 Å². The van der Waals surface area contributed by atoms with Crippen molar-refractivity contribution in [1.29, 1.82) is 0 Å². The Labute approximate surface area is 173 Å². The fourth-order valence-corrected chi connectivity index (χ4v) is 3.41. The molecule has 5 heteroatoms. The first kappa shape index (κ1) is 18.1. The molecule has 0 saturated carbocycles. The van der Waals surface area contributed by atoms with Gasteiger partial charge in [-0.05, 0) is 41.0 Å². The van der Waals surface area contributed by atoms with E-state index < -0.39 is 0 Å². The van der Waals surface area contributed by atoms with Crippen molar-refractivity contribution in [2.75, 3.05) is 5.32 Å². The van der Waals surface area contributed by atoms with E-state index in [1.54, 1.807) is 18.3 Å². The number of furan rings is 1.